The highest BCUT2D eigenvalue weighted by Crippen LogP contribution is 2.33. The van der Waals surface area contributed by atoms with E-state index in [1.807, 2.05) is 40.6 Å². The van der Waals surface area contributed by atoms with Gasteiger partial charge in [-0.1, -0.05) is 18.2 Å². The van der Waals surface area contributed by atoms with Crippen molar-refractivity contribution in [3.05, 3.63) is 65.0 Å². The molecule has 2 aliphatic heterocycles. The zero-order valence-electron chi connectivity index (χ0n) is 20.2. The van der Waals surface area contributed by atoms with E-state index in [4.69, 9.17) is 19.6 Å². The van der Waals surface area contributed by atoms with Crippen molar-refractivity contribution in [3.63, 3.8) is 0 Å². The van der Waals surface area contributed by atoms with Crippen LogP contribution in [0.15, 0.2) is 42.5 Å². The van der Waals surface area contributed by atoms with E-state index in [1.165, 1.54) is 5.56 Å². The van der Waals surface area contributed by atoms with Crippen LogP contribution in [0.3, 0.4) is 0 Å². The number of amides is 1. The van der Waals surface area contributed by atoms with Crippen molar-refractivity contribution in [2.24, 2.45) is 0 Å². The molecule has 1 amide bonds. The Kier molecular flexibility index (Phi) is 5.53. The van der Waals surface area contributed by atoms with Gasteiger partial charge in [0, 0.05) is 55.9 Å². The summed E-state index contributed by atoms with van der Waals surface area (Å²) in [4.78, 5) is 22.2. The maximum Gasteiger partial charge on any atom is 0.231 e. The molecule has 35 heavy (non-hydrogen) atoms. The SMILES string of the molecule is Cc1nc2c3ccccc3nn2c(C)c1CCC(=O)N1CCN(Cc2ccc3c(c2)OCO3)CC1. The zero-order chi connectivity index (χ0) is 23.9. The Hall–Kier alpha value is -3.65. The van der Waals surface area contributed by atoms with Crippen LogP contribution >= 0.6 is 0 Å². The Bertz CT molecular complexity index is 1420. The summed E-state index contributed by atoms with van der Waals surface area (Å²) in [6.45, 7) is 8.48. The van der Waals surface area contributed by atoms with Gasteiger partial charge in [-0.2, -0.15) is 5.10 Å². The summed E-state index contributed by atoms with van der Waals surface area (Å²) in [5.74, 6) is 1.83. The van der Waals surface area contributed by atoms with Gasteiger partial charge in [-0.15, -0.1) is 0 Å². The van der Waals surface area contributed by atoms with E-state index in [1.54, 1.807) is 0 Å². The topological polar surface area (TPSA) is 72.2 Å². The Labute approximate surface area is 204 Å². The van der Waals surface area contributed by atoms with Gasteiger partial charge in [0.2, 0.25) is 12.7 Å². The molecule has 8 nitrogen and oxygen atoms in total. The minimum atomic E-state index is 0.206. The molecule has 0 spiro atoms. The Morgan fingerprint density at radius 1 is 1.00 bits per heavy atom. The van der Waals surface area contributed by atoms with Gasteiger partial charge in [-0.3, -0.25) is 9.69 Å². The van der Waals surface area contributed by atoms with Crippen molar-refractivity contribution < 1.29 is 14.3 Å². The summed E-state index contributed by atoms with van der Waals surface area (Å²) >= 11 is 0. The quantitative estimate of drug-likeness (QED) is 0.444. The van der Waals surface area contributed by atoms with Gasteiger partial charge in [-0.25, -0.2) is 9.50 Å². The second kappa shape index (κ2) is 8.85. The zero-order valence-corrected chi connectivity index (χ0v) is 20.2. The molecule has 0 saturated carbocycles. The van der Waals surface area contributed by atoms with Crippen molar-refractivity contribution in [1.82, 2.24) is 24.4 Å². The molecule has 6 rings (SSSR count). The van der Waals surface area contributed by atoms with E-state index in [0.29, 0.717) is 19.6 Å². The molecule has 0 bridgehead atoms. The van der Waals surface area contributed by atoms with Crippen LogP contribution in [0.1, 0.15) is 28.9 Å². The van der Waals surface area contributed by atoms with Gasteiger partial charge in [0.05, 0.1) is 5.52 Å². The number of aromatic nitrogens is 3. The number of fused-ring (bicyclic) bond motifs is 4. The lowest BCUT2D eigenvalue weighted by Gasteiger charge is -2.35. The molecular formula is C27H29N5O3. The summed E-state index contributed by atoms with van der Waals surface area (Å²) in [5.41, 5.74) is 6.17. The number of hydrogen-bond donors (Lipinski definition) is 0. The molecule has 0 unspecified atom stereocenters. The molecule has 2 aromatic carbocycles. The highest BCUT2D eigenvalue weighted by Gasteiger charge is 2.23. The molecule has 1 fully saturated rings. The summed E-state index contributed by atoms with van der Waals surface area (Å²) in [6, 6.07) is 14.2. The van der Waals surface area contributed by atoms with Gasteiger partial charge in [0.1, 0.15) is 0 Å². The van der Waals surface area contributed by atoms with Crippen molar-refractivity contribution in [1.29, 1.82) is 0 Å². The highest BCUT2D eigenvalue weighted by atomic mass is 16.7. The molecule has 2 aliphatic rings. The number of piperazine rings is 1. The lowest BCUT2D eigenvalue weighted by molar-refractivity contribution is -0.133. The molecule has 180 valence electrons. The summed E-state index contributed by atoms with van der Waals surface area (Å²) in [5, 5.41) is 5.79. The number of rotatable bonds is 5. The number of carbonyl (C=O) groups excluding carboxylic acids is 1. The van der Waals surface area contributed by atoms with Crippen LogP contribution in [0.5, 0.6) is 11.5 Å². The first-order valence-corrected chi connectivity index (χ1v) is 12.2. The number of carbonyl (C=O) groups is 1. The first kappa shape index (κ1) is 21.9. The molecule has 0 aliphatic carbocycles. The molecule has 8 heteroatoms. The van der Waals surface area contributed by atoms with Crippen molar-refractivity contribution >= 4 is 22.5 Å². The van der Waals surface area contributed by atoms with E-state index in [2.05, 4.69) is 30.0 Å². The van der Waals surface area contributed by atoms with E-state index in [9.17, 15) is 4.79 Å². The standard InChI is InChI=1S/C27H29N5O3/c1-18-21(19(2)32-27(28-18)22-5-3-4-6-23(22)29-32)8-10-26(33)31-13-11-30(12-14-31)16-20-7-9-24-25(15-20)35-17-34-24/h3-7,9,15H,8,10-14,16-17H2,1-2H3. The van der Waals surface area contributed by atoms with E-state index in [0.717, 1.165) is 77.7 Å². The molecule has 4 heterocycles. The number of nitrogens with zero attached hydrogens (tertiary/aromatic N) is 5. The normalized spacial score (nSPS) is 15.9. The third-order valence-corrected chi connectivity index (χ3v) is 7.18. The predicted octanol–water partition coefficient (Wildman–Crippen LogP) is 3.51. The van der Waals surface area contributed by atoms with Gasteiger partial charge >= 0.3 is 0 Å². The Morgan fingerprint density at radius 3 is 2.66 bits per heavy atom. The first-order valence-electron chi connectivity index (χ1n) is 12.2. The van der Waals surface area contributed by atoms with Gasteiger partial charge in [0.25, 0.3) is 0 Å². The van der Waals surface area contributed by atoms with Crippen LogP contribution < -0.4 is 9.47 Å². The number of aryl methyl sites for hydroxylation is 2. The predicted molar refractivity (Wildman–Crippen MR) is 133 cm³/mol. The third kappa shape index (κ3) is 4.08. The minimum absolute atomic E-state index is 0.206. The third-order valence-electron chi connectivity index (χ3n) is 7.18. The van der Waals surface area contributed by atoms with Gasteiger partial charge in [0.15, 0.2) is 17.1 Å². The fourth-order valence-electron chi connectivity index (χ4n) is 5.18. The molecule has 0 N–H and O–H groups in total. The smallest absolute Gasteiger partial charge is 0.231 e. The monoisotopic (exact) mass is 471 g/mol. The Morgan fingerprint density at radius 2 is 1.80 bits per heavy atom. The van der Waals surface area contributed by atoms with E-state index >= 15 is 0 Å². The van der Waals surface area contributed by atoms with Crippen molar-refractivity contribution in [2.75, 3.05) is 33.0 Å². The summed E-state index contributed by atoms with van der Waals surface area (Å²) in [6.07, 6.45) is 1.16. The first-order chi connectivity index (χ1) is 17.1. The minimum Gasteiger partial charge on any atom is -0.454 e. The van der Waals surface area contributed by atoms with Crippen molar-refractivity contribution in [3.8, 4) is 11.5 Å². The van der Waals surface area contributed by atoms with Crippen molar-refractivity contribution in [2.45, 2.75) is 33.2 Å². The summed E-state index contributed by atoms with van der Waals surface area (Å²) < 4.78 is 12.8. The van der Waals surface area contributed by atoms with E-state index in [-0.39, 0.29) is 5.91 Å². The Balaban J connectivity index is 1.07. The fourth-order valence-corrected chi connectivity index (χ4v) is 5.18. The van der Waals surface area contributed by atoms with Crippen LogP contribution in [0.25, 0.3) is 16.6 Å². The maximum atomic E-state index is 13.0. The van der Waals surface area contributed by atoms with Gasteiger partial charge in [-0.05, 0) is 55.7 Å². The molecule has 4 aromatic rings. The highest BCUT2D eigenvalue weighted by molar-refractivity contribution is 5.92. The average molecular weight is 472 g/mol. The van der Waals surface area contributed by atoms with Crippen LogP contribution in [0, 0.1) is 13.8 Å². The lowest BCUT2D eigenvalue weighted by atomic mass is 10.1. The average Bonchev–Trinajstić information content (AvgIpc) is 3.49. The van der Waals surface area contributed by atoms with E-state index < -0.39 is 0 Å². The molecule has 0 atom stereocenters. The van der Waals surface area contributed by atoms with Crippen LogP contribution in [0.2, 0.25) is 0 Å². The molecular weight excluding hydrogens is 442 g/mol. The second-order valence-electron chi connectivity index (χ2n) is 9.36. The lowest BCUT2D eigenvalue weighted by Crippen LogP contribution is -2.48. The number of hydrogen-bond acceptors (Lipinski definition) is 6. The number of ether oxygens (including phenoxy) is 2. The largest absolute Gasteiger partial charge is 0.454 e. The maximum absolute atomic E-state index is 13.0. The van der Waals surface area contributed by atoms with Crippen LogP contribution in [0.4, 0.5) is 0 Å². The number of benzene rings is 2. The van der Waals surface area contributed by atoms with Crippen LogP contribution in [-0.4, -0.2) is 63.3 Å². The fraction of sp³-hybridized carbons (Fsp3) is 0.370. The van der Waals surface area contributed by atoms with Gasteiger partial charge < -0.3 is 14.4 Å². The second-order valence-corrected chi connectivity index (χ2v) is 9.36. The molecule has 2 aromatic heterocycles. The molecule has 1 saturated heterocycles. The molecule has 0 radical (unpaired) electrons. The van der Waals surface area contributed by atoms with Crippen LogP contribution in [-0.2, 0) is 17.8 Å². The summed E-state index contributed by atoms with van der Waals surface area (Å²) in [7, 11) is 0.